The van der Waals surface area contributed by atoms with Crippen molar-refractivity contribution in [2.24, 2.45) is 0 Å². The van der Waals surface area contributed by atoms with Crippen molar-refractivity contribution in [3.8, 4) is 0 Å². The van der Waals surface area contributed by atoms with Crippen LogP contribution in [0.4, 0.5) is 0 Å². The first-order valence-corrected chi connectivity index (χ1v) is 8.91. The Kier molecular flexibility index (Phi) is 5.32. The molecule has 1 aromatic rings. The number of hydrogen-bond donors (Lipinski definition) is 1. The predicted molar refractivity (Wildman–Crippen MR) is 89.5 cm³/mol. The third-order valence-electron chi connectivity index (χ3n) is 4.76. The van der Waals surface area contributed by atoms with Gasteiger partial charge in [0.25, 0.3) is 0 Å². The minimum atomic E-state index is 0.824. The highest BCUT2D eigenvalue weighted by Crippen LogP contribution is 2.29. The summed E-state index contributed by atoms with van der Waals surface area (Å²) in [5.74, 6) is 0. The van der Waals surface area contributed by atoms with E-state index in [2.05, 4.69) is 41.4 Å². The average molecular weight is 286 g/mol. The molecular weight excluding hydrogens is 256 g/mol. The molecule has 0 heterocycles. The zero-order chi connectivity index (χ0) is 14.5. The maximum atomic E-state index is 3.64. The Morgan fingerprint density at radius 2 is 1.86 bits per heavy atom. The molecule has 0 atom stereocenters. The molecule has 0 bridgehead atoms. The molecule has 2 heteroatoms. The summed E-state index contributed by atoms with van der Waals surface area (Å²) < 4.78 is 0. The van der Waals surface area contributed by atoms with Crippen molar-refractivity contribution in [3.05, 3.63) is 35.4 Å². The standard InChI is InChI=1S/C19H30N2/c1-2-3-14-21(19-10-11-19)15-17-7-5-4-6-16(17)12-13-20-18-8-9-18/h4-7,18-20H,2-3,8-15H2,1H3. The number of nitrogens with zero attached hydrogens (tertiary/aromatic N) is 1. The highest BCUT2D eigenvalue weighted by molar-refractivity contribution is 5.27. The van der Waals surface area contributed by atoms with Crippen LogP contribution in [0.3, 0.4) is 0 Å². The molecule has 0 saturated heterocycles. The van der Waals surface area contributed by atoms with Gasteiger partial charge in [-0.05, 0) is 62.7 Å². The molecule has 116 valence electrons. The molecule has 1 aromatic carbocycles. The lowest BCUT2D eigenvalue weighted by molar-refractivity contribution is 0.250. The summed E-state index contributed by atoms with van der Waals surface area (Å²) in [4.78, 5) is 2.72. The second-order valence-corrected chi connectivity index (χ2v) is 6.80. The molecule has 2 aliphatic carbocycles. The first-order chi connectivity index (χ1) is 10.4. The number of benzene rings is 1. The van der Waals surface area contributed by atoms with E-state index < -0.39 is 0 Å². The Balaban J connectivity index is 1.56. The Bertz CT molecular complexity index is 435. The van der Waals surface area contributed by atoms with Gasteiger partial charge < -0.3 is 5.32 Å². The highest BCUT2D eigenvalue weighted by atomic mass is 15.2. The van der Waals surface area contributed by atoms with E-state index in [1.807, 2.05) is 0 Å². The molecule has 0 aromatic heterocycles. The quantitative estimate of drug-likeness (QED) is 0.705. The second-order valence-electron chi connectivity index (χ2n) is 6.80. The maximum absolute atomic E-state index is 3.64. The maximum Gasteiger partial charge on any atom is 0.0239 e. The normalized spacial score (nSPS) is 18.4. The van der Waals surface area contributed by atoms with Crippen LogP contribution >= 0.6 is 0 Å². The highest BCUT2D eigenvalue weighted by Gasteiger charge is 2.28. The van der Waals surface area contributed by atoms with Crippen molar-refractivity contribution in [3.63, 3.8) is 0 Å². The first kappa shape index (κ1) is 15.1. The number of hydrogen-bond acceptors (Lipinski definition) is 2. The van der Waals surface area contributed by atoms with E-state index in [4.69, 9.17) is 0 Å². The number of unbranched alkanes of at least 4 members (excludes halogenated alkanes) is 1. The van der Waals surface area contributed by atoms with E-state index in [0.717, 1.165) is 25.2 Å². The smallest absolute Gasteiger partial charge is 0.0239 e. The summed E-state index contributed by atoms with van der Waals surface area (Å²) in [6.45, 7) is 5.86. The Morgan fingerprint density at radius 1 is 1.10 bits per heavy atom. The summed E-state index contributed by atoms with van der Waals surface area (Å²) >= 11 is 0. The van der Waals surface area contributed by atoms with Crippen LogP contribution in [0.25, 0.3) is 0 Å². The molecule has 0 spiro atoms. The molecule has 0 amide bonds. The summed E-state index contributed by atoms with van der Waals surface area (Å²) in [5.41, 5.74) is 3.10. The summed E-state index contributed by atoms with van der Waals surface area (Å²) in [6, 6.07) is 10.8. The third kappa shape index (κ3) is 4.82. The minimum absolute atomic E-state index is 0.824. The van der Waals surface area contributed by atoms with Gasteiger partial charge in [-0.15, -0.1) is 0 Å². The zero-order valence-electron chi connectivity index (χ0n) is 13.5. The fraction of sp³-hybridized carbons (Fsp3) is 0.684. The van der Waals surface area contributed by atoms with Crippen LogP contribution in [-0.2, 0) is 13.0 Å². The lowest BCUT2D eigenvalue weighted by Gasteiger charge is -2.23. The largest absolute Gasteiger partial charge is 0.314 e. The lowest BCUT2D eigenvalue weighted by atomic mass is 10.0. The van der Waals surface area contributed by atoms with Crippen molar-refractivity contribution in [2.75, 3.05) is 13.1 Å². The van der Waals surface area contributed by atoms with Crippen LogP contribution in [-0.4, -0.2) is 30.1 Å². The van der Waals surface area contributed by atoms with Gasteiger partial charge in [0.05, 0.1) is 0 Å². The molecule has 2 aliphatic rings. The summed E-state index contributed by atoms with van der Waals surface area (Å²) in [5, 5.41) is 3.64. The minimum Gasteiger partial charge on any atom is -0.314 e. The van der Waals surface area contributed by atoms with Gasteiger partial charge in [-0.3, -0.25) is 4.90 Å². The molecule has 0 unspecified atom stereocenters. The fourth-order valence-electron chi connectivity index (χ4n) is 3.06. The van der Waals surface area contributed by atoms with Crippen LogP contribution in [0, 0.1) is 0 Å². The van der Waals surface area contributed by atoms with Gasteiger partial charge in [-0.2, -0.15) is 0 Å². The van der Waals surface area contributed by atoms with Gasteiger partial charge in [0.1, 0.15) is 0 Å². The van der Waals surface area contributed by atoms with Crippen LogP contribution in [0.5, 0.6) is 0 Å². The third-order valence-corrected chi connectivity index (χ3v) is 4.76. The Labute approximate surface area is 129 Å². The molecule has 2 nitrogen and oxygen atoms in total. The zero-order valence-corrected chi connectivity index (χ0v) is 13.5. The van der Waals surface area contributed by atoms with Gasteiger partial charge in [0.2, 0.25) is 0 Å². The van der Waals surface area contributed by atoms with E-state index in [9.17, 15) is 0 Å². The monoisotopic (exact) mass is 286 g/mol. The second kappa shape index (κ2) is 7.42. The molecule has 2 fully saturated rings. The van der Waals surface area contributed by atoms with Crippen molar-refractivity contribution in [2.45, 2.75) is 70.5 Å². The molecular formula is C19H30N2. The molecule has 0 aliphatic heterocycles. The lowest BCUT2D eigenvalue weighted by Crippen LogP contribution is -2.27. The Morgan fingerprint density at radius 3 is 2.52 bits per heavy atom. The van der Waals surface area contributed by atoms with Gasteiger partial charge in [-0.1, -0.05) is 37.6 Å². The fourth-order valence-corrected chi connectivity index (χ4v) is 3.06. The van der Waals surface area contributed by atoms with E-state index >= 15 is 0 Å². The topological polar surface area (TPSA) is 15.3 Å². The van der Waals surface area contributed by atoms with Crippen LogP contribution < -0.4 is 5.32 Å². The molecule has 1 N–H and O–H groups in total. The summed E-state index contributed by atoms with van der Waals surface area (Å²) in [6.07, 6.45) is 9.41. The van der Waals surface area contributed by atoms with E-state index in [0.29, 0.717) is 0 Å². The van der Waals surface area contributed by atoms with Gasteiger partial charge in [0.15, 0.2) is 0 Å². The van der Waals surface area contributed by atoms with Crippen LogP contribution in [0.2, 0.25) is 0 Å². The number of rotatable bonds is 10. The van der Waals surface area contributed by atoms with E-state index in [-0.39, 0.29) is 0 Å². The van der Waals surface area contributed by atoms with Crippen molar-refractivity contribution in [1.82, 2.24) is 10.2 Å². The van der Waals surface area contributed by atoms with Crippen LogP contribution in [0.1, 0.15) is 56.6 Å². The van der Waals surface area contributed by atoms with E-state index in [1.165, 1.54) is 51.5 Å². The molecule has 3 rings (SSSR count). The first-order valence-electron chi connectivity index (χ1n) is 8.91. The SMILES string of the molecule is CCCCN(Cc1ccccc1CCNC1CC1)C1CC1. The predicted octanol–water partition coefficient (Wildman–Crippen LogP) is 3.75. The number of nitrogens with one attached hydrogen (secondary N) is 1. The molecule has 21 heavy (non-hydrogen) atoms. The molecule has 2 saturated carbocycles. The summed E-state index contributed by atoms with van der Waals surface area (Å²) in [7, 11) is 0. The van der Waals surface area contributed by atoms with Gasteiger partial charge in [0, 0.05) is 18.6 Å². The van der Waals surface area contributed by atoms with Crippen molar-refractivity contribution in [1.29, 1.82) is 0 Å². The Hall–Kier alpha value is -0.860. The average Bonchev–Trinajstić information content (AvgIpc) is 3.38. The van der Waals surface area contributed by atoms with Gasteiger partial charge >= 0.3 is 0 Å². The molecule has 0 radical (unpaired) electrons. The van der Waals surface area contributed by atoms with Crippen LogP contribution in [0.15, 0.2) is 24.3 Å². The van der Waals surface area contributed by atoms with E-state index in [1.54, 1.807) is 11.1 Å². The van der Waals surface area contributed by atoms with Gasteiger partial charge in [-0.25, -0.2) is 0 Å². The van der Waals surface area contributed by atoms with Crippen molar-refractivity contribution >= 4 is 0 Å². The van der Waals surface area contributed by atoms with Crippen molar-refractivity contribution < 1.29 is 0 Å².